The van der Waals surface area contributed by atoms with Crippen molar-refractivity contribution in [2.45, 2.75) is 32.1 Å². The summed E-state index contributed by atoms with van der Waals surface area (Å²) in [6.07, 6.45) is 6.39. The van der Waals surface area contributed by atoms with Gasteiger partial charge in [0.15, 0.2) is 0 Å². The summed E-state index contributed by atoms with van der Waals surface area (Å²) in [4.78, 5) is 0. The molecule has 0 saturated heterocycles. The van der Waals surface area contributed by atoms with Crippen molar-refractivity contribution in [2.75, 3.05) is 24.7 Å². The molecule has 1 aliphatic rings. The van der Waals surface area contributed by atoms with Gasteiger partial charge in [-0.15, -0.1) is 0 Å². The van der Waals surface area contributed by atoms with Gasteiger partial charge in [-0.1, -0.05) is 19.3 Å². The molecule has 0 unspecified atom stereocenters. The molecule has 1 saturated carbocycles. The molecule has 0 bridgehead atoms. The summed E-state index contributed by atoms with van der Waals surface area (Å²) in [6, 6.07) is 2.94. The summed E-state index contributed by atoms with van der Waals surface area (Å²) in [5.41, 5.74) is 6.46. The minimum Gasteiger partial charge on any atom is -0.495 e. The first-order valence-corrected chi connectivity index (χ1v) is 6.57. The van der Waals surface area contributed by atoms with Crippen molar-refractivity contribution in [3.63, 3.8) is 0 Å². The molecule has 0 radical (unpaired) electrons. The number of benzene rings is 1. The van der Waals surface area contributed by atoms with Gasteiger partial charge in [-0.25, -0.2) is 4.39 Å². The van der Waals surface area contributed by atoms with Crippen LogP contribution in [-0.4, -0.2) is 13.7 Å². The zero-order valence-electron chi connectivity index (χ0n) is 10.8. The van der Waals surface area contributed by atoms with Crippen LogP contribution >= 0.6 is 0 Å². The van der Waals surface area contributed by atoms with E-state index in [1.165, 1.54) is 45.3 Å². The second-order valence-electron chi connectivity index (χ2n) is 4.96. The molecule has 3 N–H and O–H groups in total. The fraction of sp³-hybridized carbons (Fsp3) is 0.571. The molecular weight excluding hydrogens is 231 g/mol. The van der Waals surface area contributed by atoms with Crippen molar-refractivity contribution in [1.29, 1.82) is 0 Å². The number of methoxy groups -OCH3 is 1. The molecule has 0 atom stereocenters. The van der Waals surface area contributed by atoms with E-state index in [-0.39, 0.29) is 5.82 Å². The summed E-state index contributed by atoms with van der Waals surface area (Å²) in [5.74, 6) is 0.855. The molecule has 4 heteroatoms. The van der Waals surface area contributed by atoms with Crippen molar-refractivity contribution < 1.29 is 9.13 Å². The average molecular weight is 252 g/mol. The largest absolute Gasteiger partial charge is 0.495 e. The lowest BCUT2D eigenvalue weighted by atomic mass is 9.89. The van der Waals surface area contributed by atoms with E-state index in [2.05, 4.69) is 5.32 Å². The molecular formula is C14H21FN2O. The van der Waals surface area contributed by atoms with Crippen LogP contribution in [0.5, 0.6) is 5.75 Å². The molecule has 0 aromatic heterocycles. The van der Waals surface area contributed by atoms with Crippen LogP contribution in [0.2, 0.25) is 0 Å². The van der Waals surface area contributed by atoms with Gasteiger partial charge in [-0.3, -0.25) is 0 Å². The van der Waals surface area contributed by atoms with Crippen LogP contribution in [0.1, 0.15) is 32.1 Å². The van der Waals surface area contributed by atoms with E-state index < -0.39 is 0 Å². The summed E-state index contributed by atoms with van der Waals surface area (Å²) in [7, 11) is 1.54. The Hall–Kier alpha value is -1.45. The Morgan fingerprint density at radius 3 is 2.72 bits per heavy atom. The van der Waals surface area contributed by atoms with Gasteiger partial charge in [0, 0.05) is 18.7 Å². The Bertz CT molecular complexity index is 403. The van der Waals surface area contributed by atoms with Crippen LogP contribution in [0, 0.1) is 11.7 Å². The minimum atomic E-state index is -0.316. The first-order chi connectivity index (χ1) is 8.70. The second-order valence-corrected chi connectivity index (χ2v) is 4.96. The quantitative estimate of drug-likeness (QED) is 0.807. The Kier molecular flexibility index (Phi) is 4.28. The van der Waals surface area contributed by atoms with E-state index in [1.807, 2.05) is 0 Å². The molecule has 1 fully saturated rings. The molecule has 1 aliphatic carbocycles. The van der Waals surface area contributed by atoms with Crippen LogP contribution in [-0.2, 0) is 0 Å². The minimum absolute atomic E-state index is 0.316. The third-order valence-electron chi connectivity index (χ3n) is 3.63. The number of halogens is 1. The Morgan fingerprint density at radius 1 is 1.33 bits per heavy atom. The molecule has 100 valence electrons. The van der Waals surface area contributed by atoms with E-state index in [4.69, 9.17) is 10.5 Å². The highest BCUT2D eigenvalue weighted by Crippen LogP contribution is 2.29. The monoisotopic (exact) mass is 252 g/mol. The number of nitrogens with two attached hydrogens (primary N) is 1. The highest BCUT2D eigenvalue weighted by molar-refractivity contribution is 5.62. The van der Waals surface area contributed by atoms with Crippen molar-refractivity contribution in [2.24, 2.45) is 5.92 Å². The third-order valence-corrected chi connectivity index (χ3v) is 3.63. The van der Waals surface area contributed by atoms with Crippen molar-refractivity contribution >= 4 is 11.4 Å². The summed E-state index contributed by atoms with van der Waals surface area (Å²) >= 11 is 0. The number of anilines is 2. The predicted octanol–water partition coefficient (Wildman–Crippen LogP) is 3.41. The van der Waals surface area contributed by atoms with Crippen LogP contribution in [0.15, 0.2) is 12.1 Å². The molecule has 0 amide bonds. The van der Waals surface area contributed by atoms with Gasteiger partial charge in [0.2, 0.25) is 0 Å². The van der Waals surface area contributed by atoms with Gasteiger partial charge in [-0.2, -0.15) is 0 Å². The number of hydrogen-bond donors (Lipinski definition) is 2. The molecule has 1 aromatic carbocycles. The summed E-state index contributed by atoms with van der Waals surface area (Å²) < 4.78 is 18.8. The highest BCUT2D eigenvalue weighted by Gasteiger charge is 2.14. The maximum atomic E-state index is 13.7. The fourth-order valence-corrected chi connectivity index (χ4v) is 2.53. The first-order valence-electron chi connectivity index (χ1n) is 6.57. The Balaban J connectivity index is 1.99. The van der Waals surface area contributed by atoms with Crippen molar-refractivity contribution in [3.8, 4) is 5.75 Å². The molecule has 0 aliphatic heterocycles. The van der Waals surface area contributed by atoms with E-state index in [0.717, 1.165) is 6.54 Å². The van der Waals surface area contributed by atoms with E-state index >= 15 is 0 Å². The SMILES string of the molecule is COc1cc(NCC2CCCCC2)c(F)cc1N. The number of rotatable bonds is 4. The maximum Gasteiger partial charge on any atom is 0.148 e. The summed E-state index contributed by atoms with van der Waals surface area (Å²) in [6.45, 7) is 0.823. The molecule has 0 spiro atoms. The van der Waals surface area contributed by atoms with E-state index in [0.29, 0.717) is 23.0 Å². The van der Waals surface area contributed by atoms with Crippen LogP contribution < -0.4 is 15.8 Å². The number of ether oxygens (including phenoxy) is 1. The summed E-state index contributed by atoms with van der Waals surface area (Å²) in [5, 5.41) is 3.17. The standard InChI is InChI=1S/C14H21FN2O/c1-18-14-8-13(11(15)7-12(14)16)17-9-10-5-3-2-4-6-10/h7-8,10,17H,2-6,9,16H2,1H3. The molecule has 2 rings (SSSR count). The van der Waals surface area contributed by atoms with E-state index in [9.17, 15) is 4.39 Å². The van der Waals surface area contributed by atoms with Gasteiger partial charge in [0.1, 0.15) is 11.6 Å². The van der Waals surface area contributed by atoms with Gasteiger partial charge >= 0.3 is 0 Å². The topological polar surface area (TPSA) is 47.3 Å². The van der Waals surface area contributed by atoms with Crippen LogP contribution in [0.3, 0.4) is 0 Å². The first kappa shape index (κ1) is 13.0. The molecule has 0 heterocycles. The number of hydrogen-bond acceptors (Lipinski definition) is 3. The van der Waals surface area contributed by atoms with Crippen molar-refractivity contribution in [3.05, 3.63) is 17.9 Å². The van der Waals surface area contributed by atoms with Gasteiger partial charge in [0.05, 0.1) is 18.5 Å². The van der Waals surface area contributed by atoms with Crippen LogP contribution in [0.25, 0.3) is 0 Å². The number of nitrogen functional groups attached to an aromatic ring is 1. The maximum absolute atomic E-state index is 13.7. The van der Waals surface area contributed by atoms with Gasteiger partial charge < -0.3 is 15.8 Å². The zero-order valence-corrected chi connectivity index (χ0v) is 10.8. The Morgan fingerprint density at radius 2 is 2.06 bits per heavy atom. The third kappa shape index (κ3) is 3.06. The van der Waals surface area contributed by atoms with Gasteiger partial charge in [0.25, 0.3) is 0 Å². The fourth-order valence-electron chi connectivity index (χ4n) is 2.53. The second kappa shape index (κ2) is 5.94. The molecule has 1 aromatic rings. The van der Waals surface area contributed by atoms with E-state index in [1.54, 1.807) is 6.07 Å². The smallest absolute Gasteiger partial charge is 0.148 e. The lowest BCUT2D eigenvalue weighted by Crippen LogP contribution is -2.17. The molecule has 3 nitrogen and oxygen atoms in total. The van der Waals surface area contributed by atoms with Crippen molar-refractivity contribution in [1.82, 2.24) is 0 Å². The lowest BCUT2D eigenvalue weighted by Gasteiger charge is -2.22. The molecule has 18 heavy (non-hydrogen) atoms. The highest BCUT2D eigenvalue weighted by atomic mass is 19.1. The average Bonchev–Trinajstić information content (AvgIpc) is 2.39. The normalized spacial score (nSPS) is 16.6. The Labute approximate surface area is 108 Å². The van der Waals surface area contributed by atoms with Gasteiger partial charge in [-0.05, 0) is 18.8 Å². The van der Waals surface area contributed by atoms with Crippen LogP contribution in [0.4, 0.5) is 15.8 Å². The number of nitrogens with one attached hydrogen (secondary N) is 1. The zero-order chi connectivity index (χ0) is 13.0. The lowest BCUT2D eigenvalue weighted by molar-refractivity contribution is 0.373. The predicted molar refractivity (Wildman–Crippen MR) is 72.4 cm³/mol.